The van der Waals surface area contributed by atoms with Gasteiger partial charge >= 0.3 is 44.8 Å². The third-order valence-electron chi connectivity index (χ3n) is 0.287. The summed E-state index contributed by atoms with van der Waals surface area (Å²) < 4.78 is 13.2. The van der Waals surface area contributed by atoms with Crippen LogP contribution in [-0.4, -0.2) is 6.61 Å². The van der Waals surface area contributed by atoms with Gasteiger partial charge in [-0.05, 0) is 6.92 Å². The molecule has 0 saturated carbocycles. The van der Waals surface area contributed by atoms with Gasteiger partial charge in [0.2, 0.25) is 0 Å². The minimum Gasteiger partial charge on any atom is -0.790 e. The Morgan fingerprint density at radius 1 is 1.44 bits per heavy atom. The average Bonchev–Trinajstić information content (AvgIpc) is 1.30. The van der Waals surface area contributed by atoms with Crippen LogP contribution in [0, 0.1) is 0 Å². The van der Waals surface area contributed by atoms with E-state index in [1.807, 2.05) is 0 Å². The standard InChI is InChI=1S/C2H7O4P.2Ag/c1-2-6-7(3,4)5;;/h2H2,1H3,(H2,3,4,5);;/q;2*+1/p-2. The Kier molecular flexibility index (Phi) is 14.5. The van der Waals surface area contributed by atoms with Crippen LogP contribution < -0.4 is 9.79 Å². The molecule has 0 spiro atoms. The molecule has 0 heterocycles. The zero-order valence-electron chi connectivity index (χ0n) is 4.39. The quantitative estimate of drug-likeness (QED) is 0.470. The molecule has 0 saturated heterocycles. The van der Waals surface area contributed by atoms with Gasteiger partial charge in [-0.15, -0.1) is 0 Å². The Morgan fingerprint density at radius 2 is 1.78 bits per heavy atom. The third-order valence-corrected chi connectivity index (χ3v) is 0.862. The molecule has 0 rings (SSSR count). The molecule has 0 aromatic rings. The first-order chi connectivity index (χ1) is 3.06. The molecule has 0 aromatic heterocycles. The first kappa shape index (κ1) is 16.9. The molecule has 0 bridgehead atoms. The van der Waals surface area contributed by atoms with E-state index >= 15 is 0 Å². The molecule has 0 aliphatic carbocycles. The summed E-state index contributed by atoms with van der Waals surface area (Å²) in [4.78, 5) is 19.0. The van der Waals surface area contributed by atoms with Crippen LogP contribution in [0.4, 0.5) is 0 Å². The second-order valence-electron chi connectivity index (χ2n) is 0.865. The smallest absolute Gasteiger partial charge is 0.790 e. The summed E-state index contributed by atoms with van der Waals surface area (Å²) in [6, 6.07) is 0. The minimum atomic E-state index is -4.67. The summed E-state index contributed by atoms with van der Waals surface area (Å²) in [6.45, 7) is 1.35. The second-order valence-corrected chi connectivity index (χ2v) is 2.02. The van der Waals surface area contributed by atoms with Crippen molar-refractivity contribution in [3.05, 3.63) is 0 Å². The van der Waals surface area contributed by atoms with Crippen LogP contribution in [-0.2, 0) is 53.8 Å². The molecule has 0 aromatic carbocycles. The van der Waals surface area contributed by atoms with Gasteiger partial charge in [-0.25, -0.2) is 0 Å². The summed E-state index contributed by atoms with van der Waals surface area (Å²) in [5.74, 6) is 0. The molecule has 0 amide bonds. The maximum atomic E-state index is 9.48. The van der Waals surface area contributed by atoms with Crippen molar-refractivity contribution in [2.45, 2.75) is 6.92 Å². The summed E-state index contributed by atoms with van der Waals surface area (Å²) in [6.07, 6.45) is 0. The van der Waals surface area contributed by atoms with E-state index in [2.05, 4.69) is 4.52 Å². The van der Waals surface area contributed by atoms with E-state index in [0.29, 0.717) is 0 Å². The van der Waals surface area contributed by atoms with Crippen molar-refractivity contribution in [2.75, 3.05) is 6.61 Å². The fourth-order valence-corrected chi connectivity index (χ4v) is 0.474. The van der Waals surface area contributed by atoms with Gasteiger partial charge in [-0.3, -0.25) is 0 Å². The van der Waals surface area contributed by atoms with Gasteiger partial charge in [-0.1, -0.05) is 0 Å². The first-order valence-corrected chi connectivity index (χ1v) is 3.19. The molecular formula is C2H5Ag2O4P. The minimum absolute atomic E-state index is 0. The number of hydrogen-bond donors (Lipinski definition) is 0. The van der Waals surface area contributed by atoms with E-state index in [0.717, 1.165) is 0 Å². The number of hydrogen-bond acceptors (Lipinski definition) is 4. The molecule has 7 heteroatoms. The van der Waals surface area contributed by atoms with Crippen LogP contribution in [0.2, 0.25) is 0 Å². The Morgan fingerprint density at radius 3 is 1.78 bits per heavy atom. The van der Waals surface area contributed by atoms with Crippen LogP contribution in [0.15, 0.2) is 0 Å². The molecule has 0 atom stereocenters. The molecule has 0 unspecified atom stereocenters. The average molecular weight is 340 g/mol. The summed E-state index contributed by atoms with van der Waals surface area (Å²) in [5, 5.41) is 0. The number of phosphoric ester groups is 1. The van der Waals surface area contributed by atoms with Crippen molar-refractivity contribution >= 4 is 7.82 Å². The molecule has 0 N–H and O–H groups in total. The first-order valence-electron chi connectivity index (χ1n) is 1.73. The normalized spacial score (nSPS) is 9.22. The van der Waals surface area contributed by atoms with Crippen molar-refractivity contribution in [3.63, 3.8) is 0 Å². The van der Waals surface area contributed by atoms with Crippen molar-refractivity contribution in [3.8, 4) is 0 Å². The van der Waals surface area contributed by atoms with Gasteiger partial charge in [0.05, 0.1) is 7.82 Å². The van der Waals surface area contributed by atoms with E-state index < -0.39 is 7.82 Å². The fourth-order valence-electron chi connectivity index (χ4n) is 0.158. The van der Waals surface area contributed by atoms with Crippen molar-refractivity contribution in [2.24, 2.45) is 0 Å². The van der Waals surface area contributed by atoms with Gasteiger partial charge in [0.1, 0.15) is 0 Å². The molecule has 64 valence electrons. The van der Waals surface area contributed by atoms with Crippen LogP contribution in [0.3, 0.4) is 0 Å². The van der Waals surface area contributed by atoms with Gasteiger partial charge in [0.15, 0.2) is 0 Å². The van der Waals surface area contributed by atoms with E-state index in [1.165, 1.54) is 6.92 Å². The Labute approximate surface area is 84.6 Å². The summed E-state index contributed by atoms with van der Waals surface area (Å²) in [7, 11) is -4.67. The number of rotatable bonds is 2. The monoisotopic (exact) mass is 338 g/mol. The largest absolute Gasteiger partial charge is 1.00 e. The van der Waals surface area contributed by atoms with Gasteiger partial charge in [0.25, 0.3) is 0 Å². The Hall–Kier alpha value is 1.59. The molecule has 4 nitrogen and oxygen atoms in total. The fraction of sp³-hybridized carbons (Fsp3) is 1.00. The molecule has 0 aliphatic heterocycles. The Bertz CT molecular complexity index is 90.6. The van der Waals surface area contributed by atoms with Crippen LogP contribution in [0.5, 0.6) is 0 Å². The molecule has 0 radical (unpaired) electrons. The van der Waals surface area contributed by atoms with Crippen LogP contribution in [0.25, 0.3) is 0 Å². The summed E-state index contributed by atoms with van der Waals surface area (Å²) >= 11 is 0. The van der Waals surface area contributed by atoms with Crippen molar-refractivity contribution < 1.29 is 63.6 Å². The second kappa shape index (κ2) is 7.69. The van der Waals surface area contributed by atoms with E-state index in [-0.39, 0.29) is 51.4 Å². The van der Waals surface area contributed by atoms with Crippen LogP contribution in [0.1, 0.15) is 6.92 Å². The maximum absolute atomic E-state index is 9.48. The number of phosphoric acid groups is 1. The molecule has 0 fully saturated rings. The van der Waals surface area contributed by atoms with Crippen molar-refractivity contribution in [1.82, 2.24) is 0 Å². The van der Waals surface area contributed by atoms with E-state index in [9.17, 15) is 14.4 Å². The zero-order valence-corrected chi connectivity index (χ0v) is 8.25. The predicted octanol–water partition coefficient (Wildman–Crippen LogP) is -1.15. The maximum Gasteiger partial charge on any atom is 1.00 e. The topological polar surface area (TPSA) is 72.4 Å². The van der Waals surface area contributed by atoms with Gasteiger partial charge in [0, 0.05) is 6.61 Å². The Balaban J connectivity index is -0.000000180. The van der Waals surface area contributed by atoms with Crippen LogP contribution >= 0.6 is 7.82 Å². The van der Waals surface area contributed by atoms with E-state index in [4.69, 9.17) is 0 Å². The van der Waals surface area contributed by atoms with Gasteiger partial charge < -0.3 is 18.9 Å². The van der Waals surface area contributed by atoms with Gasteiger partial charge in [-0.2, -0.15) is 0 Å². The van der Waals surface area contributed by atoms with Crippen molar-refractivity contribution in [1.29, 1.82) is 0 Å². The molecule has 9 heavy (non-hydrogen) atoms. The third kappa shape index (κ3) is 17.7. The summed E-state index contributed by atoms with van der Waals surface area (Å²) in [5.41, 5.74) is 0. The SMILES string of the molecule is CCOP(=O)([O-])[O-].[Ag+].[Ag+]. The molecular weight excluding hydrogens is 335 g/mol. The predicted molar refractivity (Wildman–Crippen MR) is 19.2 cm³/mol. The van der Waals surface area contributed by atoms with E-state index in [1.54, 1.807) is 0 Å². The zero-order chi connectivity index (χ0) is 5.91. The molecule has 0 aliphatic rings.